The molecule has 1 amide bonds. The summed E-state index contributed by atoms with van der Waals surface area (Å²) < 4.78 is 0. The van der Waals surface area contributed by atoms with E-state index in [2.05, 4.69) is 16.3 Å². The highest BCUT2D eigenvalue weighted by Gasteiger charge is 2.34. The first-order chi connectivity index (χ1) is 8.18. The lowest BCUT2D eigenvalue weighted by Gasteiger charge is -2.23. The third-order valence-corrected chi connectivity index (χ3v) is 3.77. The van der Waals surface area contributed by atoms with Gasteiger partial charge < -0.3 is 10.2 Å². The fraction of sp³-hybridized carbons (Fsp3) is 0.846. The van der Waals surface area contributed by atoms with Crippen LogP contribution in [0.3, 0.4) is 0 Å². The quantitative estimate of drug-likeness (QED) is 0.762. The van der Waals surface area contributed by atoms with E-state index in [0.29, 0.717) is 19.4 Å². The van der Waals surface area contributed by atoms with Crippen molar-refractivity contribution in [2.45, 2.75) is 39.5 Å². The van der Waals surface area contributed by atoms with Crippen LogP contribution >= 0.6 is 0 Å². The second-order valence-corrected chi connectivity index (χ2v) is 4.71. The molecule has 0 aromatic carbocycles. The Morgan fingerprint density at radius 2 is 1.94 bits per heavy atom. The number of nitrogens with one attached hydrogen (secondary N) is 1. The van der Waals surface area contributed by atoms with Crippen LogP contribution in [0.25, 0.3) is 0 Å². The molecule has 0 bridgehead atoms. The summed E-state index contributed by atoms with van der Waals surface area (Å²) >= 11 is 0. The molecule has 0 unspecified atom stereocenters. The molecule has 1 aliphatic rings. The average Bonchev–Trinajstić information content (AvgIpc) is 2.85. The minimum atomic E-state index is -0.828. The van der Waals surface area contributed by atoms with E-state index in [1.54, 1.807) is 0 Å². The molecule has 1 rings (SSSR count). The average molecular weight is 237 g/mol. The number of carbonyl (C=O) groups is 1. The molecular formula is C13H23N3O. The first-order valence-electron chi connectivity index (χ1n) is 6.60. The molecule has 0 spiro atoms. The second-order valence-electron chi connectivity index (χ2n) is 4.71. The summed E-state index contributed by atoms with van der Waals surface area (Å²) in [6.45, 7) is 7.63. The van der Waals surface area contributed by atoms with Gasteiger partial charge in [-0.1, -0.05) is 13.8 Å². The Bertz CT molecular complexity index is 286. The van der Waals surface area contributed by atoms with Crippen LogP contribution in [0.15, 0.2) is 0 Å². The predicted octanol–water partition coefficient (Wildman–Crippen LogP) is 1.53. The van der Waals surface area contributed by atoms with E-state index in [1.807, 2.05) is 13.8 Å². The van der Waals surface area contributed by atoms with Gasteiger partial charge in [0.25, 0.3) is 0 Å². The monoisotopic (exact) mass is 237 g/mol. The van der Waals surface area contributed by atoms with Crippen LogP contribution in [0.5, 0.6) is 0 Å². The number of nitrogens with zero attached hydrogens (tertiary/aromatic N) is 2. The predicted molar refractivity (Wildman–Crippen MR) is 67.3 cm³/mol. The maximum Gasteiger partial charge on any atom is 0.240 e. The molecule has 0 aromatic rings. The van der Waals surface area contributed by atoms with E-state index < -0.39 is 5.41 Å². The fourth-order valence-electron chi connectivity index (χ4n) is 2.28. The van der Waals surface area contributed by atoms with E-state index in [4.69, 9.17) is 5.26 Å². The second kappa shape index (κ2) is 6.61. The molecule has 0 atom stereocenters. The molecular weight excluding hydrogens is 214 g/mol. The topological polar surface area (TPSA) is 56.1 Å². The number of hydrogen-bond donors (Lipinski definition) is 1. The molecule has 1 fully saturated rings. The molecule has 0 aromatic heterocycles. The standard InChI is InChI=1S/C13H23N3O/c1-3-13(4-2,11-14)12(17)15-7-10-16-8-5-6-9-16/h3-10H2,1-2H3,(H,15,17). The highest BCUT2D eigenvalue weighted by Crippen LogP contribution is 2.25. The highest BCUT2D eigenvalue weighted by atomic mass is 16.2. The highest BCUT2D eigenvalue weighted by molar-refractivity contribution is 5.85. The van der Waals surface area contributed by atoms with E-state index in [1.165, 1.54) is 12.8 Å². The molecule has 0 aliphatic carbocycles. The van der Waals surface area contributed by atoms with Crippen LogP contribution in [0.4, 0.5) is 0 Å². The Morgan fingerprint density at radius 1 is 1.35 bits per heavy atom. The van der Waals surface area contributed by atoms with E-state index >= 15 is 0 Å². The zero-order valence-electron chi connectivity index (χ0n) is 11.0. The summed E-state index contributed by atoms with van der Waals surface area (Å²) in [6, 6.07) is 2.17. The summed E-state index contributed by atoms with van der Waals surface area (Å²) in [5.41, 5.74) is -0.828. The number of rotatable bonds is 6. The molecule has 1 N–H and O–H groups in total. The van der Waals surface area contributed by atoms with Crippen molar-refractivity contribution >= 4 is 5.91 Å². The minimum absolute atomic E-state index is 0.107. The van der Waals surface area contributed by atoms with Crippen molar-refractivity contribution in [2.24, 2.45) is 5.41 Å². The first-order valence-corrected chi connectivity index (χ1v) is 6.60. The van der Waals surface area contributed by atoms with Crippen molar-refractivity contribution in [3.8, 4) is 6.07 Å². The van der Waals surface area contributed by atoms with Gasteiger partial charge in [0, 0.05) is 13.1 Å². The fourth-order valence-corrected chi connectivity index (χ4v) is 2.28. The third kappa shape index (κ3) is 3.44. The molecule has 0 radical (unpaired) electrons. The molecule has 17 heavy (non-hydrogen) atoms. The van der Waals surface area contributed by atoms with Gasteiger partial charge in [-0.15, -0.1) is 0 Å². The number of nitriles is 1. The van der Waals surface area contributed by atoms with Crippen LogP contribution in [-0.2, 0) is 4.79 Å². The lowest BCUT2D eigenvalue weighted by molar-refractivity contribution is -0.128. The maximum absolute atomic E-state index is 12.0. The van der Waals surface area contributed by atoms with Gasteiger partial charge >= 0.3 is 0 Å². The van der Waals surface area contributed by atoms with Gasteiger partial charge in [-0.25, -0.2) is 0 Å². The summed E-state index contributed by atoms with van der Waals surface area (Å²) in [7, 11) is 0. The Morgan fingerprint density at radius 3 is 2.41 bits per heavy atom. The molecule has 1 heterocycles. The van der Waals surface area contributed by atoms with Crippen molar-refractivity contribution in [1.29, 1.82) is 5.26 Å². The molecule has 1 aliphatic heterocycles. The van der Waals surface area contributed by atoms with Gasteiger partial charge in [0.2, 0.25) is 5.91 Å². The maximum atomic E-state index is 12.0. The van der Waals surface area contributed by atoms with Crippen LogP contribution < -0.4 is 5.32 Å². The Labute approximate surface area is 104 Å². The van der Waals surface area contributed by atoms with Gasteiger partial charge in [0.15, 0.2) is 0 Å². The molecule has 4 nitrogen and oxygen atoms in total. The van der Waals surface area contributed by atoms with E-state index in [0.717, 1.165) is 19.6 Å². The van der Waals surface area contributed by atoms with Crippen LogP contribution in [0.2, 0.25) is 0 Å². The Kier molecular flexibility index (Phi) is 5.43. The summed E-state index contributed by atoms with van der Waals surface area (Å²) in [5.74, 6) is -0.107. The minimum Gasteiger partial charge on any atom is -0.353 e. The van der Waals surface area contributed by atoms with Crippen molar-refractivity contribution in [1.82, 2.24) is 10.2 Å². The van der Waals surface area contributed by atoms with Gasteiger partial charge in [-0.05, 0) is 38.8 Å². The normalized spacial score (nSPS) is 16.8. The summed E-state index contributed by atoms with van der Waals surface area (Å²) in [5, 5.41) is 12.0. The van der Waals surface area contributed by atoms with Gasteiger partial charge in [-0.3, -0.25) is 4.79 Å². The van der Waals surface area contributed by atoms with Crippen LogP contribution in [0.1, 0.15) is 39.5 Å². The van der Waals surface area contributed by atoms with Crippen LogP contribution in [-0.4, -0.2) is 37.0 Å². The van der Waals surface area contributed by atoms with Crippen molar-refractivity contribution in [2.75, 3.05) is 26.2 Å². The zero-order chi connectivity index (χ0) is 12.7. The molecule has 1 saturated heterocycles. The summed E-state index contributed by atoms with van der Waals surface area (Å²) in [4.78, 5) is 14.3. The van der Waals surface area contributed by atoms with Crippen LogP contribution in [0, 0.1) is 16.7 Å². The lowest BCUT2D eigenvalue weighted by atomic mass is 9.83. The number of amides is 1. The first kappa shape index (κ1) is 14.0. The Hall–Kier alpha value is -1.08. The Balaban J connectivity index is 2.35. The molecule has 96 valence electrons. The van der Waals surface area contributed by atoms with E-state index in [-0.39, 0.29) is 5.91 Å². The number of likely N-dealkylation sites (tertiary alicyclic amines) is 1. The number of carbonyl (C=O) groups excluding carboxylic acids is 1. The zero-order valence-corrected chi connectivity index (χ0v) is 11.0. The summed E-state index contributed by atoms with van der Waals surface area (Å²) in [6.07, 6.45) is 3.69. The SMILES string of the molecule is CCC(C#N)(CC)C(=O)NCCN1CCCC1. The van der Waals surface area contributed by atoms with E-state index in [9.17, 15) is 4.79 Å². The van der Waals surface area contributed by atoms with Crippen molar-refractivity contribution < 1.29 is 4.79 Å². The van der Waals surface area contributed by atoms with Crippen molar-refractivity contribution in [3.05, 3.63) is 0 Å². The van der Waals surface area contributed by atoms with Gasteiger partial charge in [0.1, 0.15) is 5.41 Å². The van der Waals surface area contributed by atoms with Gasteiger partial charge in [-0.2, -0.15) is 5.26 Å². The third-order valence-electron chi connectivity index (χ3n) is 3.77. The lowest BCUT2D eigenvalue weighted by Crippen LogP contribution is -2.42. The van der Waals surface area contributed by atoms with Crippen molar-refractivity contribution in [3.63, 3.8) is 0 Å². The largest absolute Gasteiger partial charge is 0.353 e. The molecule has 0 saturated carbocycles. The smallest absolute Gasteiger partial charge is 0.240 e. The van der Waals surface area contributed by atoms with Gasteiger partial charge in [0.05, 0.1) is 6.07 Å². The number of hydrogen-bond acceptors (Lipinski definition) is 3. The molecule has 4 heteroatoms.